The van der Waals surface area contributed by atoms with Crippen LogP contribution in [0.1, 0.15) is 24.8 Å². The summed E-state index contributed by atoms with van der Waals surface area (Å²) in [6.45, 7) is 3.94. The Morgan fingerprint density at radius 1 is 1.28 bits per heavy atom. The number of nitrogens with zero attached hydrogens (tertiary/aromatic N) is 2. The van der Waals surface area contributed by atoms with Crippen LogP contribution in [0.15, 0.2) is 51.9 Å². The van der Waals surface area contributed by atoms with Crippen molar-refractivity contribution in [2.45, 2.75) is 39.3 Å². The van der Waals surface area contributed by atoms with E-state index in [1.54, 1.807) is 17.8 Å². The Kier molecular flexibility index (Phi) is 4.97. The molecular weight excluding hydrogens is 318 g/mol. The topological polar surface area (TPSA) is 77.1 Å². The van der Waals surface area contributed by atoms with E-state index in [9.17, 15) is 9.59 Å². The fourth-order valence-corrected chi connectivity index (χ4v) is 2.88. The number of para-hydroxylation sites is 2. The molecule has 25 heavy (non-hydrogen) atoms. The summed E-state index contributed by atoms with van der Waals surface area (Å²) in [5.41, 5.74) is 1.78. The van der Waals surface area contributed by atoms with Gasteiger partial charge in [-0.1, -0.05) is 12.1 Å². The first kappa shape index (κ1) is 17.0. The molecule has 6 nitrogen and oxygen atoms in total. The second-order valence-electron chi connectivity index (χ2n) is 6.14. The van der Waals surface area contributed by atoms with Crippen LogP contribution in [0.2, 0.25) is 0 Å². The number of aromatic nitrogens is 2. The van der Waals surface area contributed by atoms with Gasteiger partial charge in [0.25, 0.3) is 5.56 Å². The van der Waals surface area contributed by atoms with Crippen LogP contribution in [0.4, 0.5) is 0 Å². The van der Waals surface area contributed by atoms with Crippen molar-refractivity contribution in [1.82, 2.24) is 14.9 Å². The number of fused-ring (bicyclic) bond motifs is 1. The summed E-state index contributed by atoms with van der Waals surface area (Å²) in [5.74, 6) is 0.740. The van der Waals surface area contributed by atoms with Gasteiger partial charge in [0.15, 0.2) is 0 Å². The molecule has 0 spiro atoms. The van der Waals surface area contributed by atoms with E-state index >= 15 is 0 Å². The zero-order valence-electron chi connectivity index (χ0n) is 14.4. The number of carbonyl (C=O) groups is 1. The van der Waals surface area contributed by atoms with Gasteiger partial charge in [0.2, 0.25) is 5.91 Å². The summed E-state index contributed by atoms with van der Waals surface area (Å²) >= 11 is 0. The molecule has 0 saturated carbocycles. The first-order chi connectivity index (χ1) is 12.0. The fraction of sp³-hybridized carbons (Fsp3) is 0.316. The van der Waals surface area contributed by atoms with E-state index in [4.69, 9.17) is 4.42 Å². The Morgan fingerprint density at radius 2 is 2.08 bits per heavy atom. The van der Waals surface area contributed by atoms with Gasteiger partial charge >= 0.3 is 0 Å². The second kappa shape index (κ2) is 7.34. The zero-order valence-corrected chi connectivity index (χ0v) is 14.4. The Labute approximate surface area is 145 Å². The van der Waals surface area contributed by atoms with Gasteiger partial charge in [-0.25, -0.2) is 4.98 Å². The number of nitrogens with one attached hydrogen (secondary N) is 1. The monoisotopic (exact) mass is 339 g/mol. The molecule has 3 aromatic rings. The van der Waals surface area contributed by atoms with Crippen molar-refractivity contribution in [3.63, 3.8) is 0 Å². The molecule has 0 aliphatic rings. The predicted octanol–water partition coefficient (Wildman–Crippen LogP) is 2.44. The van der Waals surface area contributed by atoms with E-state index in [2.05, 4.69) is 10.3 Å². The third-order valence-corrected chi connectivity index (χ3v) is 4.07. The van der Waals surface area contributed by atoms with Crippen LogP contribution in [-0.2, 0) is 17.8 Å². The average Bonchev–Trinajstić information content (AvgIpc) is 3.08. The molecule has 3 rings (SSSR count). The molecule has 1 atom stereocenters. The van der Waals surface area contributed by atoms with Gasteiger partial charge in [0.1, 0.15) is 11.5 Å². The van der Waals surface area contributed by atoms with Gasteiger partial charge in [-0.05, 0) is 38.1 Å². The first-order valence-corrected chi connectivity index (χ1v) is 8.32. The van der Waals surface area contributed by atoms with Gasteiger partial charge in [0, 0.05) is 25.4 Å². The van der Waals surface area contributed by atoms with Gasteiger partial charge in [-0.2, -0.15) is 0 Å². The molecule has 0 bridgehead atoms. The number of carbonyl (C=O) groups excluding carboxylic acids is 1. The van der Waals surface area contributed by atoms with Gasteiger partial charge in [0.05, 0.1) is 17.3 Å². The van der Waals surface area contributed by atoms with Crippen molar-refractivity contribution >= 4 is 16.9 Å². The molecule has 130 valence electrons. The van der Waals surface area contributed by atoms with Gasteiger partial charge in [-0.3, -0.25) is 9.59 Å². The maximum Gasteiger partial charge on any atom is 0.272 e. The van der Waals surface area contributed by atoms with E-state index in [0.717, 1.165) is 16.8 Å². The molecule has 2 heterocycles. The number of amides is 1. The lowest BCUT2D eigenvalue weighted by atomic mass is 10.2. The normalized spacial score (nSPS) is 12.2. The number of furan rings is 1. The maximum absolute atomic E-state index is 12.4. The molecule has 1 amide bonds. The minimum atomic E-state index is -0.157. The Hall–Kier alpha value is -2.89. The van der Waals surface area contributed by atoms with E-state index in [0.29, 0.717) is 18.7 Å². The summed E-state index contributed by atoms with van der Waals surface area (Å²) in [6.07, 6.45) is 2.49. The first-order valence-electron chi connectivity index (χ1n) is 8.32. The smallest absolute Gasteiger partial charge is 0.272 e. The van der Waals surface area contributed by atoms with Crippen molar-refractivity contribution < 1.29 is 9.21 Å². The predicted molar refractivity (Wildman–Crippen MR) is 95.4 cm³/mol. The molecule has 0 aliphatic carbocycles. The van der Waals surface area contributed by atoms with Gasteiger partial charge < -0.3 is 14.3 Å². The van der Waals surface area contributed by atoms with Crippen LogP contribution in [0.5, 0.6) is 0 Å². The van der Waals surface area contributed by atoms with Crippen LogP contribution >= 0.6 is 0 Å². The zero-order chi connectivity index (χ0) is 17.8. The minimum Gasteiger partial charge on any atom is -0.469 e. The summed E-state index contributed by atoms with van der Waals surface area (Å²) in [7, 11) is 0. The molecule has 0 unspecified atom stereocenters. The quantitative estimate of drug-likeness (QED) is 0.748. The SMILES string of the molecule is Cc1nc2ccccc2n(CCC(=O)N[C@H](C)Cc2ccco2)c1=O. The number of hydrogen-bond acceptors (Lipinski definition) is 4. The van der Waals surface area contributed by atoms with E-state index in [-0.39, 0.29) is 23.9 Å². The lowest BCUT2D eigenvalue weighted by Crippen LogP contribution is -2.35. The molecule has 0 fully saturated rings. The lowest BCUT2D eigenvalue weighted by Gasteiger charge is -2.14. The number of benzene rings is 1. The molecular formula is C19H21N3O3. The highest BCUT2D eigenvalue weighted by molar-refractivity contribution is 5.77. The van der Waals surface area contributed by atoms with E-state index < -0.39 is 0 Å². The molecule has 1 N–H and O–H groups in total. The summed E-state index contributed by atoms with van der Waals surface area (Å²) in [4.78, 5) is 28.9. The number of hydrogen-bond donors (Lipinski definition) is 1. The van der Waals surface area contributed by atoms with Gasteiger partial charge in [-0.15, -0.1) is 0 Å². The van der Waals surface area contributed by atoms with Crippen molar-refractivity contribution in [3.8, 4) is 0 Å². The molecule has 1 aromatic carbocycles. The van der Waals surface area contributed by atoms with Crippen molar-refractivity contribution in [3.05, 3.63) is 64.5 Å². The van der Waals surface area contributed by atoms with Crippen LogP contribution in [0.3, 0.4) is 0 Å². The second-order valence-corrected chi connectivity index (χ2v) is 6.14. The third kappa shape index (κ3) is 3.96. The van der Waals surface area contributed by atoms with E-state index in [1.807, 2.05) is 43.3 Å². The molecule has 0 saturated heterocycles. The summed E-state index contributed by atoms with van der Waals surface area (Å²) < 4.78 is 6.91. The van der Waals surface area contributed by atoms with Crippen molar-refractivity contribution in [1.29, 1.82) is 0 Å². The Morgan fingerprint density at radius 3 is 2.84 bits per heavy atom. The summed E-state index contributed by atoms with van der Waals surface area (Å²) in [6, 6.07) is 11.1. The maximum atomic E-state index is 12.4. The average molecular weight is 339 g/mol. The highest BCUT2D eigenvalue weighted by Gasteiger charge is 2.12. The molecule has 6 heteroatoms. The highest BCUT2D eigenvalue weighted by Crippen LogP contribution is 2.10. The molecule has 2 aromatic heterocycles. The minimum absolute atomic E-state index is 0.0358. The molecule has 0 radical (unpaired) electrons. The summed E-state index contributed by atoms with van der Waals surface area (Å²) in [5, 5.41) is 2.94. The fourth-order valence-electron chi connectivity index (χ4n) is 2.88. The molecule has 0 aliphatic heterocycles. The largest absolute Gasteiger partial charge is 0.469 e. The van der Waals surface area contributed by atoms with Crippen LogP contribution in [0, 0.1) is 6.92 Å². The highest BCUT2D eigenvalue weighted by atomic mass is 16.3. The lowest BCUT2D eigenvalue weighted by molar-refractivity contribution is -0.121. The number of aryl methyl sites for hydroxylation is 2. The Balaban J connectivity index is 1.67. The standard InChI is InChI=1S/C19H21N3O3/c1-13(12-15-6-5-11-25-15)20-18(23)9-10-22-17-8-4-3-7-16(17)21-14(2)19(22)24/h3-8,11,13H,9-10,12H2,1-2H3,(H,20,23)/t13-/m1/s1. The van der Waals surface area contributed by atoms with Crippen LogP contribution in [-0.4, -0.2) is 21.5 Å². The Bertz CT molecular complexity index is 929. The van der Waals surface area contributed by atoms with Crippen LogP contribution in [0.25, 0.3) is 11.0 Å². The van der Waals surface area contributed by atoms with E-state index in [1.165, 1.54) is 0 Å². The number of rotatable bonds is 6. The van der Waals surface area contributed by atoms with Crippen molar-refractivity contribution in [2.75, 3.05) is 0 Å². The van der Waals surface area contributed by atoms with Crippen molar-refractivity contribution in [2.24, 2.45) is 0 Å². The third-order valence-electron chi connectivity index (χ3n) is 4.07. The van der Waals surface area contributed by atoms with Crippen LogP contribution < -0.4 is 10.9 Å².